The Hall–Kier alpha value is -2.08. The standard InChI is InChI=1S/C13H19N3O3/c14-8-2-1-3-11(13(18)19)16-12(17)9-4-6-10(15)7-5-9/h4-7,11H,1-3,8,14-15H2,(H,16,17)(H,18,19)/t11-/m0/s1. The number of nitrogens with two attached hydrogens (primary N) is 2. The summed E-state index contributed by atoms with van der Waals surface area (Å²) in [6.07, 6.45) is 1.77. The van der Waals surface area contributed by atoms with E-state index in [0.29, 0.717) is 30.6 Å². The van der Waals surface area contributed by atoms with Crippen molar-refractivity contribution in [3.05, 3.63) is 29.8 Å². The number of carboxylic acids is 1. The number of rotatable bonds is 7. The monoisotopic (exact) mass is 265 g/mol. The first-order valence-electron chi connectivity index (χ1n) is 6.14. The van der Waals surface area contributed by atoms with Gasteiger partial charge in [0.25, 0.3) is 5.91 Å². The number of nitrogen functional groups attached to an aromatic ring is 1. The van der Waals surface area contributed by atoms with Gasteiger partial charge in [-0.1, -0.05) is 0 Å². The predicted octanol–water partition coefficient (Wildman–Crippen LogP) is 0.581. The molecular formula is C13H19N3O3. The van der Waals surface area contributed by atoms with Gasteiger partial charge in [-0.25, -0.2) is 4.79 Å². The molecule has 0 saturated heterocycles. The lowest BCUT2D eigenvalue weighted by Gasteiger charge is -2.14. The van der Waals surface area contributed by atoms with Gasteiger partial charge in [-0.05, 0) is 50.1 Å². The molecule has 0 bridgehead atoms. The van der Waals surface area contributed by atoms with Gasteiger partial charge in [0.1, 0.15) is 6.04 Å². The van der Waals surface area contributed by atoms with Crippen molar-refractivity contribution in [1.82, 2.24) is 5.32 Å². The maximum Gasteiger partial charge on any atom is 0.326 e. The van der Waals surface area contributed by atoms with Crippen LogP contribution in [0.4, 0.5) is 5.69 Å². The van der Waals surface area contributed by atoms with Gasteiger partial charge in [-0.3, -0.25) is 4.79 Å². The van der Waals surface area contributed by atoms with Crippen LogP contribution in [-0.4, -0.2) is 29.6 Å². The van der Waals surface area contributed by atoms with Gasteiger partial charge in [0.15, 0.2) is 0 Å². The Morgan fingerprint density at radius 1 is 1.21 bits per heavy atom. The second-order valence-electron chi connectivity index (χ2n) is 4.27. The van der Waals surface area contributed by atoms with Crippen LogP contribution in [-0.2, 0) is 4.79 Å². The summed E-state index contributed by atoms with van der Waals surface area (Å²) in [6, 6.07) is 5.42. The highest BCUT2D eigenvalue weighted by molar-refractivity contribution is 5.96. The predicted molar refractivity (Wildman–Crippen MR) is 72.6 cm³/mol. The van der Waals surface area contributed by atoms with Crippen LogP contribution in [0.1, 0.15) is 29.6 Å². The van der Waals surface area contributed by atoms with Crippen molar-refractivity contribution in [2.24, 2.45) is 5.73 Å². The normalized spacial score (nSPS) is 11.8. The van der Waals surface area contributed by atoms with Gasteiger partial charge in [0, 0.05) is 11.3 Å². The van der Waals surface area contributed by atoms with E-state index in [0.717, 1.165) is 6.42 Å². The molecule has 104 valence electrons. The summed E-state index contributed by atoms with van der Waals surface area (Å²) < 4.78 is 0. The Kier molecular flexibility index (Phi) is 5.81. The van der Waals surface area contributed by atoms with Crippen molar-refractivity contribution in [2.75, 3.05) is 12.3 Å². The molecule has 0 heterocycles. The van der Waals surface area contributed by atoms with Crippen molar-refractivity contribution < 1.29 is 14.7 Å². The molecule has 1 aromatic rings. The number of unbranched alkanes of at least 4 members (excludes halogenated alkanes) is 1. The third-order valence-corrected chi connectivity index (χ3v) is 2.72. The fourth-order valence-corrected chi connectivity index (χ4v) is 1.63. The lowest BCUT2D eigenvalue weighted by Crippen LogP contribution is -2.40. The molecule has 1 amide bonds. The Morgan fingerprint density at radius 2 is 1.84 bits per heavy atom. The molecule has 0 saturated carbocycles. The molecule has 6 heteroatoms. The van der Waals surface area contributed by atoms with E-state index in [1.165, 1.54) is 0 Å². The van der Waals surface area contributed by atoms with Crippen LogP contribution in [0.15, 0.2) is 24.3 Å². The molecular weight excluding hydrogens is 246 g/mol. The minimum atomic E-state index is -1.04. The first-order chi connectivity index (χ1) is 9.04. The van der Waals surface area contributed by atoms with E-state index in [-0.39, 0.29) is 0 Å². The molecule has 0 fully saturated rings. The average molecular weight is 265 g/mol. The quantitative estimate of drug-likeness (QED) is 0.425. The van der Waals surface area contributed by atoms with Crippen LogP contribution in [0.3, 0.4) is 0 Å². The van der Waals surface area contributed by atoms with Crippen LogP contribution in [0.25, 0.3) is 0 Å². The van der Waals surface area contributed by atoms with E-state index >= 15 is 0 Å². The average Bonchev–Trinajstić information content (AvgIpc) is 2.38. The number of hydrogen-bond donors (Lipinski definition) is 4. The molecule has 1 aromatic carbocycles. The molecule has 0 spiro atoms. The molecule has 0 aliphatic heterocycles. The van der Waals surface area contributed by atoms with Crippen LogP contribution in [0.2, 0.25) is 0 Å². The number of carboxylic acid groups (broad SMARTS) is 1. The van der Waals surface area contributed by atoms with Crippen LogP contribution >= 0.6 is 0 Å². The van der Waals surface area contributed by atoms with Gasteiger partial charge in [-0.15, -0.1) is 0 Å². The van der Waals surface area contributed by atoms with E-state index in [2.05, 4.69) is 5.32 Å². The van der Waals surface area contributed by atoms with Gasteiger partial charge >= 0.3 is 5.97 Å². The van der Waals surface area contributed by atoms with Crippen molar-refractivity contribution in [3.8, 4) is 0 Å². The zero-order chi connectivity index (χ0) is 14.3. The molecule has 0 aromatic heterocycles. The molecule has 0 aliphatic carbocycles. The Balaban J connectivity index is 2.60. The number of benzene rings is 1. The zero-order valence-corrected chi connectivity index (χ0v) is 10.6. The number of carbonyl (C=O) groups excluding carboxylic acids is 1. The maximum atomic E-state index is 11.9. The van der Waals surface area contributed by atoms with Crippen molar-refractivity contribution >= 4 is 17.6 Å². The lowest BCUT2D eigenvalue weighted by atomic mass is 10.1. The maximum absolute atomic E-state index is 11.9. The summed E-state index contributed by atoms with van der Waals surface area (Å²) in [7, 11) is 0. The third kappa shape index (κ3) is 4.97. The van der Waals surface area contributed by atoms with Crippen molar-refractivity contribution in [1.29, 1.82) is 0 Å². The Morgan fingerprint density at radius 3 is 2.37 bits per heavy atom. The van der Waals surface area contributed by atoms with Gasteiger partial charge in [0.2, 0.25) is 0 Å². The van der Waals surface area contributed by atoms with E-state index in [9.17, 15) is 9.59 Å². The summed E-state index contributed by atoms with van der Waals surface area (Å²) in [6.45, 7) is 0.512. The summed E-state index contributed by atoms with van der Waals surface area (Å²) in [5.41, 5.74) is 11.8. The molecule has 0 unspecified atom stereocenters. The first kappa shape index (κ1) is 15.0. The molecule has 1 rings (SSSR count). The molecule has 6 nitrogen and oxygen atoms in total. The number of amides is 1. The van der Waals surface area contributed by atoms with E-state index in [1.807, 2.05) is 0 Å². The summed E-state index contributed by atoms with van der Waals surface area (Å²) >= 11 is 0. The zero-order valence-electron chi connectivity index (χ0n) is 10.6. The second kappa shape index (κ2) is 7.38. The SMILES string of the molecule is NCCCC[C@H](NC(=O)c1ccc(N)cc1)C(=O)O. The van der Waals surface area contributed by atoms with E-state index < -0.39 is 17.9 Å². The third-order valence-electron chi connectivity index (χ3n) is 2.72. The largest absolute Gasteiger partial charge is 0.480 e. The summed E-state index contributed by atoms with van der Waals surface area (Å²) in [5.74, 6) is -1.46. The van der Waals surface area contributed by atoms with Crippen LogP contribution < -0.4 is 16.8 Å². The fourth-order valence-electron chi connectivity index (χ4n) is 1.63. The Bertz CT molecular complexity index is 431. The van der Waals surface area contributed by atoms with Gasteiger partial charge in [0.05, 0.1) is 0 Å². The summed E-state index contributed by atoms with van der Waals surface area (Å²) in [4.78, 5) is 22.9. The highest BCUT2D eigenvalue weighted by atomic mass is 16.4. The first-order valence-corrected chi connectivity index (χ1v) is 6.14. The molecule has 0 aliphatic rings. The van der Waals surface area contributed by atoms with Crippen LogP contribution in [0, 0.1) is 0 Å². The number of aliphatic carboxylic acids is 1. The number of nitrogens with one attached hydrogen (secondary N) is 1. The Labute approximate surface area is 111 Å². The summed E-state index contributed by atoms with van der Waals surface area (Å²) in [5, 5.41) is 11.5. The van der Waals surface area contributed by atoms with E-state index in [1.54, 1.807) is 24.3 Å². The minimum absolute atomic E-state index is 0.368. The second-order valence-corrected chi connectivity index (χ2v) is 4.27. The van der Waals surface area contributed by atoms with Crippen LogP contribution in [0.5, 0.6) is 0 Å². The highest BCUT2D eigenvalue weighted by Gasteiger charge is 2.19. The van der Waals surface area contributed by atoms with Crippen molar-refractivity contribution in [3.63, 3.8) is 0 Å². The number of carbonyl (C=O) groups is 2. The number of hydrogen-bond acceptors (Lipinski definition) is 4. The van der Waals surface area contributed by atoms with Gasteiger partial charge < -0.3 is 21.9 Å². The molecule has 1 atom stereocenters. The topological polar surface area (TPSA) is 118 Å². The minimum Gasteiger partial charge on any atom is -0.480 e. The fraction of sp³-hybridized carbons (Fsp3) is 0.385. The van der Waals surface area contributed by atoms with Gasteiger partial charge in [-0.2, -0.15) is 0 Å². The molecule has 6 N–H and O–H groups in total. The van der Waals surface area contributed by atoms with Crippen molar-refractivity contribution in [2.45, 2.75) is 25.3 Å². The van der Waals surface area contributed by atoms with E-state index in [4.69, 9.17) is 16.6 Å². The highest BCUT2D eigenvalue weighted by Crippen LogP contribution is 2.07. The number of anilines is 1. The smallest absolute Gasteiger partial charge is 0.326 e. The molecule has 19 heavy (non-hydrogen) atoms. The molecule has 0 radical (unpaired) electrons. The lowest BCUT2D eigenvalue weighted by molar-refractivity contribution is -0.139.